The zero-order valence-corrected chi connectivity index (χ0v) is 7.36. The summed E-state index contributed by atoms with van der Waals surface area (Å²) in [4.78, 5) is 10.5. The van der Waals surface area contributed by atoms with Gasteiger partial charge >= 0.3 is 5.97 Å². The average molecular weight is 180 g/mol. The second kappa shape index (κ2) is 3.41. The minimum atomic E-state index is -0.748. The standard InChI is InChI=1S/C7H13NO2.ClH/c1-7(8)4-2-3-5(7)6(9)10;/h5H,2-4,8H2,1H3,(H,9,10);1H/t5-,7+;/m1./s1. The van der Waals surface area contributed by atoms with E-state index in [0.29, 0.717) is 0 Å². The maximum absolute atomic E-state index is 10.5. The number of carbonyl (C=O) groups is 1. The number of hydrogen-bond donors (Lipinski definition) is 2. The third-order valence-corrected chi connectivity index (χ3v) is 2.30. The number of rotatable bonds is 1. The molecule has 3 nitrogen and oxygen atoms in total. The fourth-order valence-corrected chi connectivity index (χ4v) is 1.60. The van der Waals surface area contributed by atoms with Crippen molar-refractivity contribution in [3.63, 3.8) is 0 Å². The maximum atomic E-state index is 10.5. The highest BCUT2D eigenvalue weighted by molar-refractivity contribution is 5.85. The lowest BCUT2D eigenvalue weighted by molar-refractivity contribution is -0.143. The Labute approximate surface area is 72.4 Å². The molecule has 1 fully saturated rings. The summed E-state index contributed by atoms with van der Waals surface area (Å²) in [5.74, 6) is -1.07. The van der Waals surface area contributed by atoms with E-state index in [1.165, 1.54) is 0 Å². The molecule has 0 radical (unpaired) electrons. The van der Waals surface area contributed by atoms with Crippen LogP contribution in [0.2, 0.25) is 0 Å². The van der Waals surface area contributed by atoms with Gasteiger partial charge in [-0.25, -0.2) is 0 Å². The molecular formula is C7H14ClNO2. The van der Waals surface area contributed by atoms with Gasteiger partial charge in [-0.1, -0.05) is 6.42 Å². The molecule has 0 unspecified atom stereocenters. The van der Waals surface area contributed by atoms with Gasteiger partial charge in [-0.15, -0.1) is 12.4 Å². The number of carboxylic acid groups (broad SMARTS) is 1. The summed E-state index contributed by atoms with van der Waals surface area (Å²) in [6.07, 6.45) is 2.52. The summed E-state index contributed by atoms with van der Waals surface area (Å²) in [6, 6.07) is 0. The topological polar surface area (TPSA) is 63.3 Å². The van der Waals surface area contributed by atoms with Gasteiger partial charge in [0.1, 0.15) is 0 Å². The highest BCUT2D eigenvalue weighted by Crippen LogP contribution is 2.33. The second-order valence-electron chi connectivity index (χ2n) is 3.29. The van der Waals surface area contributed by atoms with Crippen LogP contribution in [0.1, 0.15) is 26.2 Å². The van der Waals surface area contributed by atoms with Crippen LogP contribution in [0.3, 0.4) is 0 Å². The van der Waals surface area contributed by atoms with Crippen LogP contribution in [0.5, 0.6) is 0 Å². The van der Waals surface area contributed by atoms with Gasteiger partial charge in [0.15, 0.2) is 0 Å². The van der Waals surface area contributed by atoms with E-state index < -0.39 is 11.5 Å². The Kier molecular flexibility index (Phi) is 3.32. The minimum absolute atomic E-state index is 0. The average Bonchev–Trinajstić information content (AvgIpc) is 2.08. The molecule has 0 amide bonds. The highest BCUT2D eigenvalue weighted by Gasteiger charge is 2.39. The monoisotopic (exact) mass is 179 g/mol. The third kappa shape index (κ3) is 2.07. The molecule has 0 aliphatic heterocycles. The summed E-state index contributed by atoms with van der Waals surface area (Å²) in [6.45, 7) is 1.82. The Morgan fingerprint density at radius 2 is 2.27 bits per heavy atom. The molecule has 1 aliphatic rings. The summed E-state index contributed by atoms with van der Waals surface area (Å²) < 4.78 is 0. The predicted molar refractivity (Wildman–Crippen MR) is 44.8 cm³/mol. The molecule has 0 aromatic rings. The quantitative estimate of drug-likeness (QED) is 0.632. The van der Waals surface area contributed by atoms with E-state index in [1.54, 1.807) is 0 Å². The first-order valence-corrected chi connectivity index (χ1v) is 3.56. The van der Waals surface area contributed by atoms with E-state index in [-0.39, 0.29) is 18.3 Å². The van der Waals surface area contributed by atoms with Crippen molar-refractivity contribution in [3.05, 3.63) is 0 Å². The summed E-state index contributed by atoms with van der Waals surface area (Å²) in [7, 11) is 0. The van der Waals surface area contributed by atoms with Crippen LogP contribution in [0.25, 0.3) is 0 Å². The Hall–Kier alpha value is -0.280. The van der Waals surface area contributed by atoms with E-state index in [0.717, 1.165) is 19.3 Å². The van der Waals surface area contributed by atoms with Crippen LogP contribution in [0.4, 0.5) is 0 Å². The van der Waals surface area contributed by atoms with Crippen LogP contribution in [0.15, 0.2) is 0 Å². The zero-order chi connectivity index (χ0) is 7.78. The van der Waals surface area contributed by atoms with Crippen molar-refractivity contribution in [1.29, 1.82) is 0 Å². The normalized spacial score (nSPS) is 36.4. The molecule has 0 saturated heterocycles. The number of nitrogens with two attached hydrogens (primary N) is 1. The Morgan fingerprint density at radius 1 is 1.73 bits per heavy atom. The Morgan fingerprint density at radius 3 is 2.45 bits per heavy atom. The van der Waals surface area contributed by atoms with Crippen LogP contribution < -0.4 is 5.73 Å². The molecule has 1 saturated carbocycles. The van der Waals surface area contributed by atoms with E-state index >= 15 is 0 Å². The first-order valence-electron chi connectivity index (χ1n) is 3.56. The molecule has 1 rings (SSSR count). The lowest BCUT2D eigenvalue weighted by Crippen LogP contribution is -2.43. The fraction of sp³-hybridized carbons (Fsp3) is 0.857. The number of aliphatic carboxylic acids is 1. The van der Waals surface area contributed by atoms with Crippen molar-refractivity contribution in [2.75, 3.05) is 0 Å². The van der Waals surface area contributed by atoms with Gasteiger partial charge in [-0.3, -0.25) is 4.79 Å². The lowest BCUT2D eigenvalue weighted by Gasteiger charge is -2.22. The Bertz CT molecular complexity index is 159. The molecule has 0 aromatic heterocycles. The van der Waals surface area contributed by atoms with E-state index in [2.05, 4.69) is 0 Å². The van der Waals surface area contributed by atoms with E-state index in [1.807, 2.05) is 6.92 Å². The second-order valence-corrected chi connectivity index (χ2v) is 3.29. The largest absolute Gasteiger partial charge is 0.481 e. The highest BCUT2D eigenvalue weighted by atomic mass is 35.5. The number of carboxylic acids is 1. The fourth-order valence-electron chi connectivity index (χ4n) is 1.60. The van der Waals surface area contributed by atoms with Crippen molar-refractivity contribution in [2.24, 2.45) is 11.7 Å². The van der Waals surface area contributed by atoms with E-state index in [4.69, 9.17) is 10.8 Å². The van der Waals surface area contributed by atoms with Gasteiger partial charge in [0.2, 0.25) is 0 Å². The predicted octanol–water partition coefficient (Wildman–Crippen LogP) is 1.01. The molecule has 0 heterocycles. The van der Waals surface area contributed by atoms with E-state index in [9.17, 15) is 4.79 Å². The van der Waals surface area contributed by atoms with Crippen molar-refractivity contribution in [2.45, 2.75) is 31.7 Å². The molecule has 0 spiro atoms. The first kappa shape index (κ1) is 10.7. The first-order chi connectivity index (χ1) is 4.54. The molecule has 4 heteroatoms. The summed E-state index contributed by atoms with van der Waals surface area (Å²) in [5, 5.41) is 8.67. The molecule has 1 aliphatic carbocycles. The molecule has 0 bridgehead atoms. The summed E-state index contributed by atoms with van der Waals surface area (Å²) in [5.41, 5.74) is 5.28. The molecule has 2 atom stereocenters. The van der Waals surface area contributed by atoms with Gasteiger partial charge in [0, 0.05) is 5.54 Å². The Balaban J connectivity index is 0.000001000. The summed E-state index contributed by atoms with van der Waals surface area (Å²) >= 11 is 0. The van der Waals surface area contributed by atoms with Crippen LogP contribution in [0, 0.1) is 5.92 Å². The lowest BCUT2D eigenvalue weighted by atomic mass is 9.90. The smallest absolute Gasteiger partial charge is 0.308 e. The molecule has 11 heavy (non-hydrogen) atoms. The number of halogens is 1. The number of hydrogen-bond acceptors (Lipinski definition) is 2. The zero-order valence-electron chi connectivity index (χ0n) is 6.54. The van der Waals surface area contributed by atoms with Crippen molar-refractivity contribution in [3.8, 4) is 0 Å². The van der Waals surface area contributed by atoms with Gasteiger partial charge in [-0.2, -0.15) is 0 Å². The van der Waals surface area contributed by atoms with Crippen LogP contribution in [-0.2, 0) is 4.79 Å². The van der Waals surface area contributed by atoms with Gasteiger partial charge < -0.3 is 10.8 Å². The molecular weight excluding hydrogens is 166 g/mol. The van der Waals surface area contributed by atoms with Gasteiger partial charge in [0.25, 0.3) is 0 Å². The van der Waals surface area contributed by atoms with Gasteiger partial charge in [-0.05, 0) is 19.8 Å². The SMILES string of the molecule is C[C@]1(N)CCC[C@@H]1C(=O)O.Cl. The molecule has 66 valence electrons. The molecule has 0 aromatic carbocycles. The maximum Gasteiger partial charge on any atom is 0.308 e. The van der Waals surface area contributed by atoms with Crippen LogP contribution in [-0.4, -0.2) is 16.6 Å². The van der Waals surface area contributed by atoms with Crippen LogP contribution >= 0.6 is 12.4 Å². The van der Waals surface area contributed by atoms with Crippen molar-refractivity contribution >= 4 is 18.4 Å². The van der Waals surface area contributed by atoms with Crippen molar-refractivity contribution in [1.82, 2.24) is 0 Å². The minimum Gasteiger partial charge on any atom is -0.481 e. The molecule has 3 N–H and O–H groups in total. The third-order valence-electron chi connectivity index (χ3n) is 2.30. The van der Waals surface area contributed by atoms with Gasteiger partial charge in [0.05, 0.1) is 5.92 Å². The van der Waals surface area contributed by atoms with Crippen molar-refractivity contribution < 1.29 is 9.90 Å².